The molecule has 44 heavy (non-hydrogen) atoms. The smallest absolute Gasteiger partial charge is 0.307 e. The van der Waals surface area contributed by atoms with E-state index in [0.29, 0.717) is 117 Å². The summed E-state index contributed by atoms with van der Waals surface area (Å²) in [6, 6.07) is 0. The molecule has 262 valence electrons. The van der Waals surface area contributed by atoms with Gasteiger partial charge in [-0.3, -0.25) is 14.4 Å². The summed E-state index contributed by atoms with van der Waals surface area (Å²) < 4.78 is 51.8. The van der Waals surface area contributed by atoms with E-state index in [1.807, 2.05) is 29.6 Å². The molecule has 0 unspecified atom stereocenters. The van der Waals surface area contributed by atoms with Crippen molar-refractivity contribution in [1.29, 1.82) is 0 Å². The number of amides is 1. The number of esters is 2. The molecule has 0 aromatic rings. The molecule has 0 aromatic carbocycles. The first-order valence-corrected chi connectivity index (χ1v) is 16.2. The molecule has 0 bridgehead atoms. The zero-order chi connectivity index (χ0) is 32.9. The number of carbonyl (C=O) groups is 3. The van der Waals surface area contributed by atoms with Gasteiger partial charge in [0.2, 0.25) is 5.91 Å². The van der Waals surface area contributed by atoms with E-state index in [2.05, 4.69) is 14.8 Å². The molecule has 1 N–H and O–H groups in total. The van der Waals surface area contributed by atoms with Crippen molar-refractivity contribution in [2.24, 2.45) is 0 Å². The van der Waals surface area contributed by atoms with Gasteiger partial charge in [0, 0.05) is 20.1 Å². The average molecular weight is 755 g/mol. The van der Waals surface area contributed by atoms with Crippen molar-refractivity contribution >= 4 is 40.4 Å². The number of hydrogen-bond acceptors (Lipinski definition) is 14. The quantitative estimate of drug-likeness (QED) is 0.0447. The highest BCUT2D eigenvalue weighted by Gasteiger charge is 2.05. The standard InChI is InChI=1S/C15H28INO7.C13H27NO6/c1-17(14(18)13-16)4-6-22-8-10-24-12-11-23-9-7-21-5-3-15(19)20-2;1-14-4-6-18-8-10-20-12-11-19-9-7-17-5-3-13(15)16-2/h3-13H2,1-2H3;14H,3-12H2,1-2H3. The number of hydrogen-bond donors (Lipinski definition) is 1. The second-order valence-electron chi connectivity index (χ2n) is 8.60. The molecule has 0 saturated carbocycles. The van der Waals surface area contributed by atoms with Gasteiger partial charge in [-0.05, 0) is 7.05 Å². The first-order valence-electron chi connectivity index (χ1n) is 14.6. The zero-order valence-electron chi connectivity index (χ0n) is 27.0. The van der Waals surface area contributed by atoms with Crippen LogP contribution in [0.2, 0.25) is 0 Å². The van der Waals surface area contributed by atoms with E-state index in [9.17, 15) is 14.4 Å². The van der Waals surface area contributed by atoms with Crippen LogP contribution in [0.3, 0.4) is 0 Å². The number of rotatable bonds is 31. The van der Waals surface area contributed by atoms with Crippen molar-refractivity contribution in [2.45, 2.75) is 12.8 Å². The molecular formula is C28H55IN2O13. The summed E-state index contributed by atoms with van der Waals surface area (Å²) in [7, 11) is 6.35. The highest BCUT2D eigenvalue weighted by atomic mass is 127. The molecule has 0 saturated heterocycles. The first kappa shape index (κ1) is 44.9. The minimum Gasteiger partial charge on any atom is -0.469 e. The van der Waals surface area contributed by atoms with E-state index in [4.69, 9.17) is 37.9 Å². The Hall–Kier alpha value is -1.22. The molecule has 0 atom stereocenters. The van der Waals surface area contributed by atoms with Gasteiger partial charge in [-0.15, -0.1) is 0 Å². The molecule has 15 nitrogen and oxygen atoms in total. The summed E-state index contributed by atoms with van der Waals surface area (Å²) in [5.74, 6) is -0.451. The van der Waals surface area contributed by atoms with Gasteiger partial charge in [0.1, 0.15) is 0 Å². The molecule has 0 fully saturated rings. The third-order valence-electron chi connectivity index (χ3n) is 5.20. The van der Waals surface area contributed by atoms with E-state index in [0.717, 1.165) is 6.54 Å². The monoisotopic (exact) mass is 754 g/mol. The van der Waals surface area contributed by atoms with E-state index >= 15 is 0 Å². The highest BCUT2D eigenvalue weighted by Crippen LogP contribution is 1.91. The summed E-state index contributed by atoms with van der Waals surface area (Å²) in [6.07, 6.45) is 0.523. The highest BCUT2D eigenvalue weighted by molar-refractivity contribution is 14.1. The number of halogens is 1. The predicted molar refractivity (Wildman–Crippen MR) is 170 cm³/mol. The zero-order valence-corrected chi connectivity index (χ0v) is 29.1. The molecule has 0 aliphatic heterocycles. The molecule has 0 radical (unpaired) electrons. The maximum atomic E-state index is 11.3. The Bertz CT molecular complexity index is 651. The van der Waals surface area contributed by atoms with Crippen LogP contribution in [-0.2, 0) is 61.8 Å². The second-order valence-corrected chi connectivity index (χ2v) is 9.37. The first-order chi connectivity index (χ1) is 21.4. The van der Waals surface area contributed by atoms with E-state index in [1.54, 1.807) is 11.9 Å². The summed E-state index contributed by atoms with van der Waals surface area (Å²) in [6.45, 7) is 9.34. The van der Waals surface area contributed by atoms with Gasteiger partial charge in [-0.25, -0.2) is 0 Å². The Morgan fingerprint density at radius 2 is 0.864 bits per heavy atom. The molecular weight excluding hydrogens is 699 g/mol. The van der Waals surface area contributed by atoms with Crippen molar-refractivity contribution in [2.75, 3.05) is 152 Å². The molecule has 0 spiro atoms. The van der Waals surface area contributed by atoms with E-state index in [1.165, 1.54) is 14.2 Å². The lowest BCUT2D eigenvalue weighted by Crippen LogP contribution is -2.31. The fourth-order valence-corrected chi connectivity index (χ4v) is 3.22. The van der Waals surface area contributed by atoms with Crippen molar-refractivity contribution in [3.8, 4) is 0 Å². The van der Waals surface area contributed by atoms with Crippen molar-refractivity contribution in [1.82, 2.24) is 10.2 Å². The molecule has 0 aliphatic carbocycles. The van der Waals surface area contributed by atoms with Crippen LogP contribution in [0.25, 0.3) is 0 Å². The van der Waals surface area contributed by atoms with Crippen molar-refractivity contribution in [3.05, 3.63) is 0 Å². The number of nitrogens with zero attached hydrogens (tertiary/aromatic N) is 1. The van der Waals surface area contributed by atoms with E-state index < -0.39 is 0 Å². The number of alkyl halides is 1. The fourth-order valence-electron chi connectivity index (χ4n) is 2.64. The molecule has 0 aliphatic rings. The van der Waals surface area contributed by atoms with Crippen LogP contribution in [0.5, 0.6) is 0 Å². The number of likely N-dealkylation sites (N-methyl/N-ethyl adjacent to an activating group) is 2. The molecule has 0 heterocycles. The molecule has 16 heteroatoms. The van der Waals surface area contributed by atoms with Gasteiger partial charge in [0.05, 0.1) is 137 Å². The predicted octanol–water partition coefficient (Wildman–Crippen LogP) is 0.345. The second kappa shape index (κ2) is 38.0. The molecule has 1 amide bonds. The summed E-state index contributed by atoms with van der Waals surface area (Å²) in [4.78, 5) is 34.5. The topological polar surface area (TPSA) is 159 Å². The van der Waals surface area contributed by atoms with Crippen molar-refractivity contribution in [3.63, 3.8) is 0 Å². The lowest BCUT2D eigenvalue weighted by atomic mass is 10.5. The van der Waals surface area contributed by atoms with E-state index in [-0.39, 0.29) is 30.7 Å². The minimum atomic E-state index is -0.283. The van der Waals surface area contributed by atoms with Crippen LogP contribution < -0.4 is 5.32 Å². The minimum absolute atomic E-state index is 0.0990. The maximum Gasteiger partial charge on any atom is 0.307 e. The van der Waals surface area contributed by atoms with Crippen LogP contribution in [0.15, 0.2) is 0 Å². The van der Waals surface area contributed by atoms with Gasteiger partial charge < -0.3 is 57.6 Å². The lowest BCUT2D eigenvalue weighted by Gasteiger charge is -2.15. The lowest BCUT2D eigenvalue weighted by molar-refractivity contribution is -0.142. The Morgan fingerprint density at radius 3 is 1.18 bits per heavy atom. The number of carbonyl (C=O) groups excluding carboxylic acids is 3. The maximum absolute atomic E-state index is 11.3. The van der Waals surface area contributed by atoms with Gasteiger partial charge in [0.25, 0.3) is 0 Å². The number of nitrogens with one attached hydrogen (secondary N) is 1. The van der Waals surface area contributed by atoms with Gasteiger partial charge >= 0.3 is 11.9 Å². The third-order valence-corrected chi connectivity index (χ3v) is 5.85. The molecule has 0 aromatic heterocycles. The van der Waals surface area contributed by atoms with Crippen LogP contribution in [-0.4, -0.2) is 174 Å². The Balaban J connectivity index is 0. The summed E-state index contributed by atoms with van der Waals surface area (Å²) in [5, 5.41) is 2.99. The normalized spacial score (nSPS) is 10.7. The van der Waals surface area contributed by atoms with Crippen LogP contribution in [0.1, 0.15) is 12.8 Å². The van der Waals surface area contributed by atoms with Gasteiger partial charge in [0.15, 0.2) is 0 Å². The fraction of sp³-hybridized carbons (Fsp3) is 0.893. The van der Waals surface area contributed by atoms with Gasteiger partial charge in [-0.1, -0.05) is 22.6 Å². The Morgan fingerprint density at radius 1 is 0.545 bits per heavy atom. The van der Waals surface area contributed by atoms with Gasteiger partial charge in [-0.2, -0.15) is 0 Å². The average Bonchev–Trinajstić information content (AvgIpc) is 3.04. The van der Waals surface area contributed by atoms with Crippen LogP contribution in [0.4, 0.5) is 0 Å². The Labute approximate surface area is 276 Å². The SMILES string of the molecule is CNCCOCCOCCOCCOCCC(=O)OC.COC(=O)CCOCCOCCOCCOCCN(C)C(=O)CI. The summed E-state index contributed by atoms with van der Waals surface area (Å²) in [5.41, 5.74) is 0. The van der Waals surface area contributed by atoms with Crippen LogP contribution >= 0.6 is 22.6 Å². The number of methoxy groups -OCH3 is 2. The largest absolute Gasteiger partial charge is 0.469 e. The third kappa shape index (κ3) is 37.0. The Kier molecular flexibility index (Phi) is 38.7. The summed E-state index contributed by atoms with van der Waals surface area (Å²) >= 11 is 2.04. The van der Waals surface area contributed by atoms with Crippen molar-refractivity contribution < 1.29 is 61.8 Å². The van der Waals surface area contributed by atoms with Crippen LogP contribution in [0, 0.1) is 0 Å². The molecule has 0 rings (SSSR count). The number of ether oxygens (including phenoxy) is 10.